The number of carbonyl (C=O) groups is 1. The van der Waals surface area contributed by atoms with Crippen LogP contribution in [0.3, 0.4) is 0 Å². The molecular formula is C62H117NO8. The zero-order valence-corrected chi connectivity index (χ0v) is 46.5. The Morgan fingerprint density at radius 1 is 0.479 bits per heavy atom. The van der Waals surface area contributed by atoms with Crippen LogP contribution in [-0.4, -0.2) is 87.5 Å². The molecule has 1 heterocycles. The second-order valence-electron chi connectivity index (χ2n) is 21.5. The smallest absolute Gasteiger partial charge is 0.220 e. The average molecular weight is 1000 g/mol. The van der Waals surface area contributed by atoms with E-state index in [4.69, 9.17) is 9.47 Å². The van der Waals surface area contributed by atoms with Crippen LogP contribution in [0.1, 0.15) is 296 Å². The van der Waals surface area contributed by atoms with Crippen LogP contribution in [0.2, 0.25) is 0 Å². The Labute approximate surface area is 438 Å². The highest BCUT2D eigenvalue weighted by molar-refractivity contribution is 5.76. The van der Waals surface area contributed by atoms with Gasteiger partial charge >= 0.3 is 0 Å². The molecule has 0 aromatic heterocycles. The molecule has 0 radical (unpaired) electrons. The second-order valence-corrected chi connectivity index (χ2v) is 21.5. The molecule has 9 nitrogen and oxygen atoms in total. The predicted octanol–water partition coefficient (Wildman–Crippen LogP) is 15.5. The zero-order valence-electron chi connectivity index (χ0n) is 46.5. The third-order valence-electron chi connectivity index (χ3n) is 14.7. The van der Waals surface area contributed by atoms with Gasteiger partial charge in [-0.2, -0.15) is 0 Å². The first-order chi connectivity index (χ1) is 34.8. The molecule has 0 saturated carbocycles. The van der Waals surface area contributed by atoms with Gasteiger partial charge in [-0.05, 0) is 51.4 Å². The molecule has 1 rings (SSSR count). The molecule has 0 bridgehead atoms. The molecule has 71 heavy (non-hydrogen) atoms. The number of aliphatic hydroxyl groups excluding tert-OH is 5. The summed E-state index contributed by atoms with van der Waals surface area (Å²) < 4.78 is 11.3. The summed E-state index contributed by atoms with van der Waals surface area (Å²) in [6.45, 7) is 3.86. The highest BCUT2D eigenvalue weighted by Crippen LogP contribution is 2.23. The van der Waals surface area contributed by atoms with Gasteiger partial charge in [0.1, 0.15) is 24.4 Å². The van der Waals surface area contributed by atoms with Crippen LogP contribution in [0.15, 0.2) is 36.5 Å². The number of ether oxygens (including phenoxy) is 2. The summed E-state index contributed by atoms with van der Waals surface area (Å²) in [6.07, 6.45) is 60.3. The second kappa shape index (κ2) is 51.9. The third-order valence-corrected chi connectivity index (χ3v) is 14.7. The van der Waals surface area contributed by atoms with Gasteiger partial charge in [0.05, 0.1) is 25.4 Å². The number of hydrogen-bond donors (Lipinski definition) is 6. The molecule has 0 aromatic rings. The molecule has 1 fully saturated rings. The van der Waals surface area contributed by atoms with Gasteiger partial charge in [0.25, 0.3) is 0 Å². The lowest BCUT2D eigenvalue weighted by atomic mass is 9.99. The molecule has 7 unspecified atom stereocenters. The minimum absolute atomic E-state index is 0.137. The summed E-state index contributed by atoms with van der Waals surface area (Å²) in [5, 5.41) is 54.8. The maximum Gasteiger partial charge on any atom is 0.220 e. The molecule has 0 aliphatic carbocycles. The lowest BCUT2D eigenvalue weighted by molar-refractivity contribution is -0.302. The van der Waals surface area contributed by atoms with Crippen LogP contribution < -0.4 is 5.32 Å². The van der Waals surface area contributed by atoms with Crippen molar-refractivity contribution >= 4 is 5.91 Å². The summed E-state index contributed by atoms with van der Waals surface area (Å²) >= 11 is 0. The predicted molar refractivity (Wildman–Crippen MR) is 300 cm³/mol. The number of amides is 1. The molecule has 0 aromatic carbocycles. The maximum absolute atomic E-state index is 13.1. The quantitative estimate of drug-likeness (QED) is 0.0261. The molecule has 9 heteroatoms. The van der Waals surface area contributed by atoms with Gasteiger partial charge in [0.15, 0.2) is 6.29 Å². The molecule has 6 N–H and O–H groups in total. The Balaban J connectivity index is 2.18. The minimum Gasteiger partial charge on any atom is -0.394 e. The minimum atomic E-state index is -1.55. The van der Waals surface area contributed by atoms with E-state index in [0.29, 0.717) is 12.8 Å². The molecule has 418 valence electrons. The Bertz CT molecular complexity index is 1210. The van der Waals surface area contributed by atoms with E-state index in [1.54, 1.807) is 0 Å². The first kappa shape index (κ1) is 67.4. The summed E-state index contributed by atoms with van der Waals surface area (Å²) in [4.78, 5) is 13.1. The number of carbonyl (C=O) groups excluding carboxylic acids is 1. The van der Waals surface area contributed by atoms with Gasteiger partial charge in [-0.15, -0.1) is 0 Å². The molecule has 1 saturated heterocycles. The van der Waals surface area contributed by atoms with Crippen molar-refractivity contribution in [1.82, 2.24) is 5.32 Å². The summed E-state index contributed by atoms with van der Waals surface area (Å²) in [5.41, 5.74) is 0. The number of nitrogens with one attached hydrogen (secondary N) is 1. The normalized spacial score (nSPS) is 19.5. The Hall–Kier alpha value is -1.59. The largest absolute Gasteiger partial charge is 0.394 e. The van der Waals surface area contributed by atoms with Crippen LogP contribution in [-0.2, 0) is 14.3 Å². The summed E-state index contributed by atoms with van der Waals surface area (Å²) in [5.74, 6) is -0.143. The van der Waals surface area contributed by atoms with Crippen molar-refractivity contribution < 1.29 is 39.8 Å². The first-order valence-corrected chi connectivity index (χ1v) is 30.7. The molecule has 1 amide bonds. The van der Waals surface area contributed by atoms with Crippen molar-refractivity contribution in [3.8, 4) is 0 Å². The van der Waals surface area contributed by atoms with E-state index in [9.17, 15) is 30.3 Å². The van der Waals surface area contributed by atoms with E-state index < -0.39 is 49.5 Å². The van der Waals surface area contributed by atoms with Crippen LogP contribution >= 0.6 is 0 Å². The van der Waals surface area contributed by atoms with Crippen molar-refractivity contribution in [2.24, 2.45) is 0 Å². The zero-order chi connectivity index (χ0) is 51.5. The molecular weight excluding hydrogens is 887 g/mol. The fourth-order valence-electron chi connectivity index (χ4n) is 9.88. The Morgan fingerprint density at radius 3 is 1.23 bits per heavy atom. The molecule has 7 atom stereocenters. The van der Waals surface area contributed by atoms with Crippen LogP contribution in [0.4, 0.5) is 0 Å². The molecule has 1 aliphatic heterocycles. The van der Waals surface area contributed by atoms with E-state index in [-0.39, 0.29) is 12.5 Å². The van der Waals surface area contributed by atoms with E-state index in [1.165, 1.54) is 218 Å². The van der Waals surface area contributed by atoms with Crippen molar-refractivity contribution in [2.75, 3.05) is 13.2 Å². The van der Waals surface area contributed by atoms with Crippen molar-refractivity contribution in [3.05, 3.63) is 36.5 Å². The highest BCUT2D eigenvalue weighted by atomic mass is 16.7. The Morgan fingerprint density at radius 2 is 0.831 bits per heavy atom. The number of allylic oxidation sites excluding steroid dienone is 6. The fourth-order valence-corrected chi connectivity index (χ4v) is 9.88. The van der Waals surface area contributed by atoms with Crippen molar-refractivity contribution in [3.63, 3.8) is 0 Å². The number of unbranched alkanes of at least 4 members (excludes halogenated alkanes) is 37. The number of aliphatic hydroxyl groups is 5. The average Bonchev–Trinajstić information content (AvgIpc) is 3.37. The topological polar surface area (TPSA) is 149 Å². The number of hydrogen-bond acceptors (Lipinski definition) is 8. The van der Waals surface area contributed by atoms with Gasteiger partial charge in [0.2, 0.25) is 5.91 Å². The van der Waals surface area contributed by atoms with Crippen LogP contribution in [0.25, 0.3) is 0 Å². The fraction of sp³-hybridized carbons (Fsp3) is 0.887. The number of rotatable bonds is 53. The lowest BCUT2D eigenvalue weighted by Crippen LogP contribution is -2.60. The van der Waals surface area contributed by atoms with Crippen LogP contribution in [0, 0.1) is 0 Å². The van der Waals surface area contributed by atoms with Gasteiger partial charge < -0.3 is 40.3 Å². The molecule has 1 aliphatic rings. The van der Waals surface area contributed by atoms with Crippen molar-refractivity contribution in [1.29, 1.82) is 0 Å². The standard InChI is InChI=1S/C62H117NO8/c1-3-5-7-9-11-13-15-17-19-21-23-25-26-27-28-29-30-32-34-36-38-40-42-44-46-48-50-52-58(66)63-55(54-70-62-61(69)60(68)59(67)57(53-64)71-62)56(65)51-49-47-45-43-41-39-37-35-33-31-24-22-20-18-16-14-12-10-8-6-4-2/h15,17,21,23,26-27,55-57,59-62,64-65,67-69H,3-14,16,18-20,22,24-25,28-54H2,1-2H3,(H,63,66)/b17-15-,23-21-,27-26-. The summed E-state index contributed by atoms with van der Waals surface area (Å²) in [7, 11) is 0. The van der Waals surface area contributed by atoms with E-state index >= 15 is 0 Å². The van der Waals surface area contributed by atoms with E-state index in [2.05, 4.69) is 55.6 Å². The first-order valence-electron chi connectivity index (χ1n) is 30.7. The Kier molecular flexibility index (Phi) is 49.3. The summed E-state index contributed by atoms with van der Waals surface area (Å²) in [6, 6.07) is -0.721. The molecule has 0 spiro atoms. The highest BCUT2D eigenvalue weighted by Gasteiger charge is 2.44. The van der Waals surface area contributed by atoms with E-state index in [0.717, 1.165) is 51.4 Å². The van der Waals surface area contributed by atoms with Gasteiger partial charge in [0, 0.05) is 6.42 Å². The van der Waals surface area contributed by atoms with Gasteiger partial charge in [-0.1, -0.05) is 275 Å². The maximum atomic E-state index is 13.1. The van der Waals surface area contributed by atoms with Crippen LogP contribution in [0.5, 0.6) is 0 Å². The monoisotopic (exact) mass is 1000 g/mol. The van der Waals surface area contributed by atoms with Gasteiger partial charge in [-0.3, -0.25) is 4.79 Å². The third kappa shape index (κ3) is 41.4. The van der Waals surface area contributed by atoms with Gasteiger partial charge in [-0.25, -0.2) is 0 Å². The van der Waals surface area contributed by atoms with E-state index in [1.807, 2.05) is 0 Å². The lowest BCUT2D eigenvalue weighted by Gasteiger charge is -2.40. The SMILES string of the molecule is CCCCCCC/C=C\C/C=C\C/C=C\CCCCCCCCCCCCCCC(=O)NC(COC1OC(CO)C(O)C(O)C1O)C(O)CCCCCCCCCCCCCCCCCCCCCCC. The van der Waals surface area contributed by atoms with Crippen molar-refractivity contribution in [2.45, 2.75) is 339 Å².